The minimum atomic E-state index is 0.0110. The third-order valence-electron chi connectivity index (χ3n) is 5.68. The van der Waals surface area contributed by atoms with Crippen molar-refractivity contribution in [1.29, 1.82) is 0 Å². The minimum absolute atomic E-state index is 0.0110. The van der Waals surface area contributed by atoms with E-state index in [9.17, 15) is 4.79 Å². The number of amides is 1. The summed E-state index contributed by atoms with van der Waals surface area (Å²) in [5, 5.41) is 4.23. The number of thiophene rings is 1. The summed E-state index contributed by atoms with van der Waals surface area (Å²) in [5.41, 5.74) is 2.49. The number of carbonyl (C=O) groups is 1. The Bertz CT molecular complexity index is 999. The molecule has 5 nitrogen and oxygen atoms in total. The van der Waals surface area contributed by atoms with Gasteiger partial charge < -0.3 is 14.8 Å². The zero-order valence-electron chi connectivity index (χ0n) is 17.5. The Morgan fingerprint density at radius 1 is 1.17 bits per heavy atom. The van der Waals surface area contributed by atoms with Gasteiger partial charge in [0, 0.05) is 37.4 Å². The number of methoxy groups -OCH3 is 2. The van der Waals surface area contributed by atoms with Gasteiger partial charge in [-0.1, -0.05) is 30.3 Å². The van der Waals surface area contributed by atoms with Gasteiger partial charge in [0.15, 0.2) is 0 Å². The van der Waals surface area contributed by atoms with Gasteiger partial charge in [0.2, 0.25) is 0 Å². The lowest BCUT2D eigenvalue weighted by Gasteiger charge is -2.17. The maximum Gasteiger partial charge on any atom is 0.261 e. The standard InChI is InChI=1S/C24H28N2O3S/c1-28-14-12-25-24(27)23-22(20-5-3-4-6-21(20)30-23)18-11-13-26(16-18)15-17-7-9-19(29-2)10-8-17/h3-10,18H,11-16H2,1-2H3,(H,25,27). The van der Waals surface area contributed by atoms with Crippen LogP contribution in [0.4, 0.5) is 0 Å². The Morgan fingerprint density at radius 2 is 1.97 bits per heavy atom. The fourth-order valence-electron chi connectivity index (χ4n) is 4.19. The highest BCUT2D eigenvalue weighted by Crippen LogP contribution is 2.40. The molecule has 1 unspecified atom stereocenters. The number of ether oxygens (including phenoxy) is 2. The van der Waals surface area contributed by atoms with Gasteiger partial charge in [-0.2, -0.15) is 0 Å². The molecule has 1 aliphatic rings. The molecule has 0 radical (unpaired) electrons. The predicted molar refractivity (Wildman–Crippen MR) is 122 cm³/mol. The molecule has 1 aromatic heterocycles. The van der Waals surface area contributed by atoms with Crippen molar-refractivity contribution in [3.05, 3.63) is 64.5 Å². The number of rotatable bonds is 8. The monoisotopic (exact) mass is 424 g/mol. The Morgan fingerprint density at radius 3 is 2.73 bits per heavy atom. The molecule has 1 atom stereocenters. The molecular formula is C24H28N2O3S. The van der Waals surface area contributed by atoms with E-state index >= 15 is 0 Å². The van der Waals surface area contributed by atoms with Gasteiger partial charge in [0.1, 0.15) is 5.75 Å². The van der Waals surface area contributed by atoms with Gasteiger partial charge in [-0.15, -0.1) is 11.3 Å². The lowest BCUT2D eigenvalue weighted by molar-refractivity contribution is 0.0940. The Labute approximate surface area is 181 Å². The van der Waals surface area contributed by atoms with E-state index in [-0.39, 0.29) is 5.91 Å². The Balaban J connectivity index is 1.53. The number of nitrogens with zero attached hydrogens (tertiary/aromatic N) is 1. The van der Waals surface area contributed by atoms with Gasteiger partial charge >= 0.3 is 0 Å². The van der Waals surface area contributed by atoms with Crippen LogP contribution in [0.5, 0.6) is 5.75 Å². The lowest BCUT2D eigenvalue weighted by Crippen LogP contribution is -2.27. The van der Waals surface area contributed by atoms with Crippen molar-refractivity contribution in [2.24, 2.45) is 0 Å². The maximum absolute atomic E-state index is 12.9. The highest BCUT2D eigenvalue weighted by molar-refractivity contribution is 7.21. The van der Waals surface area contributed by atoms with Crippen LogP contribution in [0, 0.1) is 0 Å². The molecule has 0 aliphatic carbocycles. The summed E-state index contributed by atoms with van der Waals surface area (Å²) in [4.78, 5) is 16.2. The summed E-state index contributed by atoms with van der Waals surface area (Å²) in [6, 6.07) is 16.6. The molecule has 0 saturated carbocycles. The largest absolute Gasteiger partial charge is 0.497 e. The van der Waals surface area contributed by atoms with Gasteiger partial charge in [-0.05, 0) is 47.7 Å². The van der Waals surface area contributed by atoms with Crippen molar-refractivity contribution in [1.82, 2.24) is 10.2 Å². The molecule has 3 aromatic rings. The first-order valence-electron chi connectivity index (χ1n) is 10.3. The quantitative estimate of drug-likeness (QED) is 0.549. The summed E-state index contributed by atoms with van der Waals surface area (Å²) in [6.07, 6.45) is 1.06. The number of nitrogens with one attached hydrogen (secondary N) is 1. The second-order valence-corrected chi connectivity index (χ2v) is 8.71. The van der Waals surface area contributed by atoms with E-state index in [4.69, 9.17) is 9.47 Å². The topological polar surface area (TPSA) is 50.8 Å². The molecule has 1 N–H and O–H groups in total. The second kappa shape index (κ2) is 9.60. The van der Waals surface area contributed by atoms with Crippen LogP contribution in [0.3, 0.4) is 0 Å². The van der Waals surface area contributed by atoms with Crippen LogP contribution in [0.25, 0.3) is 10.1 Å². The normalized spacial score (nSPS) is 16.8. The molecule has 1 saturated heterocycles. The number of carbonyl (C=O) groups excluding carboxylic acids is 1. The van der Waals surface area contributed by atoms with E-state index in [2.05, 4.69) is 40.5 Å². The Hall–Kier alpha value is -2.41. The number of likely N-dealkylation sites (tertiary alicyclic amines) is 1. The third kappa shape index (κ3) is 4.51. The van der Waals surface area contributed by atoms with Gasteiger partial charge in [0.05, 0.1) is 18.6 Å². The van der Waals surface area contributed by atoms with Crippen LogP contribution in [-0.4, -0.2) is 51.3 Å². The molecule has 2 heterocycles. The lowest BCUT2D eigenvalue weighted by atomic mass is 9.95. The third-order valence-corrected chi connectivity index (χ3v) is 6.86. The summed E-state index contributed by atoms with van der Waals surface area (Å²) in [5.74, 6) is 1.26. The smallest absolute Gasteiger partial charge is 0.261 e. The van der Waals surface area contributed by atoms with Crippen LogP contribution in [0.1, 0.15) is 33.1 Å². The molecular weight excluding hydrogens is 396 g/mol. The molecule has 0 bridgehead atoms. The van der Waals surface area contributed by atoms with E-state index in [1.165, 1.54) is 21.2 Å². The molecule has 1 aliphatic heterocycles. The van der Waals surface area contributed by atoms with Crippen molar-refractivity contribution in [3.8, 4) is 5.75 Å². The van der Waals surface area contributed by atoms with E-state index < -0.39 is 0 Å². The van der Waals surface area contributed by atoms with Crippen LogP contribution < -0.4 is 10.1 Å². The molecule has 1 fully saturated rings. The first-order valence-corrected chi connectivity index (χ1v) is 11.1. The van der Waals surface area contributed by atoms with Crippen molar-refractivity contribution in [2.75, 3.05) is 40.5 Å². The fourth-order valence-corrected chi connectivity index (χ4v) is 5.39. The van der Waals surface area contributed by atoms with Crippen LogP contribution in [0.2, 0.25) is 0 Å². The SMILES string of the molecule is COCCNC(=O)c1sc2ccccc2c1C1CCN(Cc2ccc(OC)cc2)C1. The second-order valence-electron chi connectivity index (χ2n) is 7.66. The Kier molecular flexibility index (Phi) is 6.67. The van der Waals surface area contributed by atoms with Gasteiger partial charge in [-0.3, -0.25) is 9.69 Å². The molecule has 4 rings (SSSR count). The highest BCUT2D eigenvalue weighted by Gasteiger charge is 2.30. The van der Waals surface area contributed by atoms with E-state index in [0.29, 0.717) is 19.1 Å². The predicted octanol–water partition coefficient (Wildman–Crippen LogP) is 4.28. The number of benzene rings is 2. The van der Waals surface area contributed by atoms with Crippen molar-refractivity contribution in [2.45, 2.75) is 18.9 Å². The van der Waals surface area contributed by atoms with E-state index in [1.54, 1.807) is 25.6 Å². The van der Waals surface area contributed by atoms with Crippen molar-refractivity contribution in [3.63, 3.8) is 0 Å². The number of fused-ring (bicyclic) bond motifs is 1. The molecule has 2 aromatic carbocycles. The molecule has 1 amide bonds. The zero-order chi connectivity index (χ0) is 20.9. The number of hydrogen-bond acceptors (Lipinski definition) is 5. The first kappa shape index (κ1) is 20.8. The number of hydrogen-bond donors (Lipinski definition) is 1. The average molecular weight is 425 g/mol. The maximum atomic E-state index is 12.9. The van der Waals surface area contributed by atoms with Crippen molar-refractivity contribution >= 4 is 27.3 Å². The van der Waals surface area contributed by atoms with Crippen LogP contribution >= 0.6 is 11.3 Å². The van der Waals surface area contributed by atoms with E-state index in [0.717, 1.165) is 36.7 Å². The average Bonchev–Trinajstić information content (AvgIpc) is 3.38. The summed E-state index contributed by atoms with van der Waals surface area (Å²) in [7, 11) is 3.33. The minimum Gasteiger partial charge on any atom is -0.497 e. The molecule has 158 valence electrons. The summed E-state index contributed by atoms with van der Waals surface area (Å²) >= 11 is 1.60. The van der Waals surface area contributed by atoms with E-state index in [1.807, 2.05) is 18.2 Å². The molecule has 0 spiro atoms. The van der Waals surface area contributed by atoms with Crippen molar-refractivity contribution < 1.29 is 14.3 Å². The summed E-state index contributed by atoms with van der Waals surface area (Å²) < 4.78 is 11.5. The molecule has 6 heteroatoms. The van der Waals surface area contributed by atoms with Gasteiger partial charge in [-0.25, -0.2) is 0 Å². The fraction of sp³-hybridized carbons (Fsp3) is 0.375. The van der Waals surface area contributed by atoms with Crippen LogP contribution in [0.15, 0.2) is 48.5 Å². The first-order chi connectivity index (χ1) is 14.7. The highest BCUT2D eigenvalue weighted by atomic mass is 32.1. The summed E-state index contributed by atoms with van der Waals surface area (Å²) in [6.45, 7) is 3.96. The van der Waals surface area contributed by atoms with Crippen LogP contribution in [-0.2, 0) is 11.3 Å². The van der Waals surface area contributed by atoms with Gasteiger partial charge in [0.25, 0.3) is 5.91 Å². The molecule has 30 heavy (non-hydrogen) atoms. The zero-order valence-corrected chi connectivity index (χ0v) is 18.3.